The molecular formula is C13H21ClN4O. The van der Waals surface area contributed by atoms with Crippen LogP contribution < -0.4 is 5.73 Å². The zero-order valence-corrected chi connectivity index (χ0v) is 12.0. The molecule has 1 aromatic heterocycles. The number of nitrogens with one attached hydrogen (secondary N) is 1. The molecule has 2 aliphatic rings. The Morgan fingerprint density at radius 1 is 1.63 bits per heavy atom. The molecule has 19 heavy (non-hydrogen) atoms. The van der Waals surface area contributed by atoms with Crippen molar-refractivity contribution in [3.05, 3.63) is 17.5 Å². The highest BCUT2D eigenvalue weighted by Crippen LogP contribution is 2.39. The van der Waals surface area contributed by atoms with Crippen LogP contribution in [0.25, 0.3) is 0 Å². The van der Waals surface area contributed by atoms with Gasteiger partial charge in [0.2, 0.25) is 0 Å². The van der Waals surface area contributed by atoms with E-state index in [1.807, 2.05) is 11.0 Å². The monoisotopic (exact) mass is 284 g/mol. The summed E-state index contributed by atoms with van der Waals surface area (Å²) in [6, 6.07) is 1.91. The molecule has 5 nitrogen and oxygen atoms in total. The minimum Gasteiger partial charge on any atom is -0.337 e. The Morgan fingerprint density at radius 2 is 2.37 bits per heavy atom. The number of amides is 1. The summed E-state index contributed by atoms with van der Waals surface area (Å²) in [6.45, 7) is 4.30. The lowest BCUT2D eigenvalue weighted by Gasteiger charge is -2.21. The number of aromatic nitrogens is 2. The maximum Gasteiger partial charge on any atom is 0.274 e. The van der Waals surface area contributed by atoms with Crippen molar-refractivity contribution in [3.8, 4) is 0 Å². The first-order valence-corrected chi connectivity index (χ1v) is 6.66. The number of hydrogen-bond donors (Lipinski definition) is 2. The fraction of sp³-hybridized carbons (Fsp3) is 0.692. The van der Waals surface area contributed by atoms with Crippen LogP contribution in [0.3, 0.4) is 0 Å². The van der Waals surface area contributed by atoms with Crippen molar-refractivity contribution in [1.29, 1.82) is 0 Å². The van der Waals surface area contributed by atoms with Crippen molar-refractivity contribution >= 4 is 18.3 Å². The van der Waals surface area contributed by atoms with Gasteiger partial charge >= 0.3 is 0 Å². The predicted molar refractivity (Wildman–Crippen MR) is 75.5 cm³/mol. The molecule has 0 radical (unpaired) electrons. The average Bonchev–Trinajstić information content (AvgIpc) is 2.97. The van der Waals surface area contributed by atoms with Crippen LogP contribution in [-0.2, 0) is 0 Å². The third-order valence-electron chi connectivity index (χ3n) is 4.17. The molecule has 1 amide bonds. The molecule has 106 valence electrons. The van der Waals surface area contributed by atoms with Crippen molar-refractivity contribution in [1.82, 2.24) is 15.1 Å². The number of rotatable bonds is 3. The molecule has 0 spiro atoms. The zero-order chi connectivity index (χ0) is 12.8. The number of aromatic amines is 1. The van der Waals surface area contributed by atoms with E-state index in [-0.39, 0.29) is 23.7 Å². The van der Waals surface area contributed by atoms with Gasteiger partial charge in [0.05, 0.1) is 0 Å². The molecule has 1 atom stereocenters. The fourth-order valence-electron chi connectivity index (χ4n) is 2.58. The van der Waals surface area contributed by atoms with Crippen LogP contribution in [0.5, 0.6) is 0 Å². The molecule has 0 bridgehead atoms. The van der Waals surface area contributed by atoms with E-state index >= 15 is 0 Å². The minimum atomic E-state index is 0. The van der Waals surface area contributed by atoms with E-state index in [2.05, 4.69) is 17.1 Å². The number of hydrogen-bond acceptors (Lipinski definition) is 3. The SMILES string of the molecule is CC1(CN)CCN(C(=O)c2cc(C3CC3)[nH]n2)C1.Cl. The van der Waals surface area contributed by atoms with Gasteiger partial charge in [-0.25, -0.2) is 0 Å². The standard InChI is InChI=1S/C13H20N4O.ClH/c1-13(7-14)4-5-17(8-13)12(18)11-6-10(15-16-11)9-2-3-9;/h6,9H,2-5,7-8,14H2,1H3,(H,15,16);1H. The molecule has 1 aromatic rings. The van der Waals surface area contributed by atoms with Gasteiger partial charge in [-0.1, -0.05) is 6.92 Å². The molecule has 1 aliphatic heterocycles. The van der Waals surface area contributed by atoms with Gasteiger partial charge in [-0.3, -0.25) is 9.89 Å². The van der Waals surface area contributed by atoms with Crippen LogP contribution in [0, 0.1) is 5.41 Å². The molecule has 1 saturated carbocycles. The summed E-state index contributed by atoms with van der Waals surface area (Å²) in [6.07, 6.45) is 3.41. The Balaban J connectivity index is 0.00000133. The zero-order valence-electron chi connectivity index (χ0n) is 11.2. The van der Waals surface area contributed by atoms with Crippen LogP contribution in [0.1, 0.15) is 48.3 Å². The molecule has 3 rings (SSSR count). The van der Waals surface area contributed by atoms with Gasteiger partial charge in [0.15, 0.2) is 0 Å². The second-order valence-electron chi connectivity index (χ2n) is 5.97. The van der Waals surface area contributed by atoms with Gasteiger partial charge in [0.1, 0.15) is 5.69 Å². The number of carbonyl (C=O) groups is 1. The molecule has 2 fully saturated rings. The Bertz CT molecular complexity index is 471. The average molecular weight is 285 g/mol. The van der Waals surface area contributed by atoms with Gasteiger partial charge in [-0.15, -0.1) is 12.4 Å². The summed E-state index contributed by atoms with van der Waals surface area (Å²) in [5, 5.41) is 7.13. The lowest BCUT2D eigenvalue weighted by Crippen LogP contribution is -2.34. The van der Waals surface area contributed by atoms with Crippen LogP contribution in [-0.4, -0.2) is 40.6 Å². The Morgan fingerprint density at radius 3 is 2.95 bits per heavy atom. The Kier molecular flexibility index (Phi) is 3.87. The normalized spacial score (nSPS) is 26.3. The Labute approximate surface area is 119 Å². The van der Waals surface area contributed by atoms with E-state index in [0.29, 0.717) is 18.2 Å². The van der Waals surface area contributed by atoms with Gasteiger partial charge in [0, 0.05) is 24.7 Å². The molecule has 1 aliphatic carbocycles. The van der Waals surface area contributed by atoms with E-state index < -0.39 is 0 Å². The summed E-state index contributed by atoms with van der Waals surface area (Å²) >= 11 is 0. The van der Waals surface area contributed by atoms with Gasteiger partial charge < -0.3 is 10.6 Å². The highest BCUT2D eigenvalue weighted by Gasteiger charge is 2.36. The highest BCUT2D eigenvalue weighted by atomic mass is 35.5. The van der Waals surface area contributed by atoms with E-state index in [4.69, 9.17) is 5.73 Å². The summed E-state index contributed by atoms with van der Waals surface area (Å²) in [5.41, 5.74) is 7.50. The van der Waals surface area contributed by atoms with E-state index in [0.717, 1.165) is 25.2 Å². The number of H-pyrrole nitrogens is 1. The van der Waals surface area contributed by atoms with Crippen molar-refractivity contribution in [2.24, 2.45) is 11.1 Å². The third-order valence-corrected chi connectivity index (χ3v) is 4.17. The van der Waals surface area contributed by atoms with E-state index in [9.17, 15) is 4.79 Å². The van der Waals surface area contributed by atoms with Gasteiger partial charge in [-0.05, 0) is 37.3 Å². The summed E-state index contributed by atoms with van der Waals surface area (Å²) in [7, 11) is 0. The third kappa shape index (κ3) is 2.77. The quantitative estimate of drug-likeness (QED) is 0.884. The van der Waals surface area contributed by atoms with E-state index in [1.54, 1.807) is 0 Å². The van der Waals surface area contributed by atoms with Crippen molar-refractivity contribution in [3.63, 3.8) is 0 Å². The first-order valence-electron chi connectivity index (χ1n) is 6.66. The van der Waals surface area contributed by atoms with E-state index in [1.165, 1.54) is 12.8 Å². The molecular weight excluding hydrogens is 264 g/mol. The van der Waals surface area contributed by atoms with Crippen molar-refractivity contribution < 1.29 is 4.79 Å². The maximum absolute atomic E-state index is 12.3. The molecule has 2 heterocycles. The smallest absolute Gasteiger partial charge is 0.274 e. The summed E-state index contributed by atoms with van der Waals surface area (Å²) < 4.78 is 0. The second-order valence-corrected chi connectivity index (χ2v) is 5.97. The molecule has 3 N–H and O–H groups in total. The van der Waals surface area contributed by atoms with Crippen LogP contribution in [0.4, 0.5) is 0 Å². The molecule has 1 saturated heterocycles. The van der Waals surface area contributed by atoms with Crippen LogP contribution in [0.15, 0.2) is 6.07 Å². The molecule has 6 heteroatoms. The number of nitrogens with two attached hydrogens (primary N) is 1. The first-order chi connectivity index (χ1) is 8.61. The number of halogens is 1. The summed E-state index contributed by atoms with van der Waals surface area (Å²) in [4.78, 5) is 14.2. The molecule has 0 aromatic carbocycles. The number of nitrogens with zero attached hydrogens (tertiary/aromatic N) is 2. The minimum absolute atomic E-state index is 0. The van der Waals surface area contributed by atoms with Gasteiger partial charge in [-0.2, -0.15) is 5.10 Å². The Hall–Kier alpha value is -1.07. The maximum atomic E-state index is 12.3. The van der Waals surface area contributed by atoms with Crippen LogP contribution >= 0.6 is 12.4 Å². The van der Waals surface area contributed by atoms with Crippen molar-refractivity contribution in [2.75, 3.05) is 19.6 Å². The number of likely N-dealkylation sites (tertiary alicyclic amines) is 1. The summed E-state index contributed by atoms with van der Waals surface area (Å²) in [5.74, 6) is 0.641. The lowest BCUT2D eigenvalue weighted by atomic mass is 9.90. The number of carbonyl (C=O) groups excluding carboxylic acids is 1. The fourth-order valence-corrected chi connectivity index (χ4v) is 2.58. The van der Waals surface area contributed by atoms with Crippen molar-refractivity contribution in [2.45, 2.75) is 32.1 Å². The largest absolute Gasteiger partial charge is 0.337 e. The first kappa shape index (κ1) is 14.3. The lowest BCUT2D eigenvalue weighted by molar-refractivity contribution is 0.0771. The van der Waals surface area contributed by atoms with Crippen LogP contribution in [0.2, 0.25) is 0 Å². The molecule has 1 unspecified atom stereocenters. The van der Waals surface area contributed by atoms with Gasteiger partial charge in [0.25, 0.3) is 5.91 Å². The topological polar surface area (TPSA) is 75.0 Å². The second kappa shape index (κ2) is 5.13. The highest BCUT2D eigenvalue weighted by molar-refractivity contribution is 5.92. The predicted octanol–water partition coefficient (Wildman–Crippen LogP) is 1.52.